The minimum Gasteiger partial charge on any atom is -0.338 e. The van der Waals surface area contributed by atoms with Gasteiger partial charge in [0.2, 0.25) is 11.7 Å². The molecule has 5 heteroatoms. The van der Waals surface area contributed by atoms with Crippen molar-refractivity contribution in [3.05, 3.63) is 36.0 Å². The van der Waals surface area contributed by atoms with Crippen LogP contribution in [-0.2, 0) is 6.54 Å². The fourth-order valence-corrected chi connectivity index (χ4v) is 2.75. The Morgan fingerprint density at radius 3 is 2.32 bits per heavy atom. The van der Waals surface area contributed by atoms with Crippen LogP contribution in [0.25, 0.3) is 11.4 Å². The fourth-order valence-electron chi connectivity index (χ4n) is 2.75. The number of nitrogens with one attached hydrogen (secondary N) is 1. The molecule has 0 atom stereocenters. The summed E-state index contributed by atoms with van der Waals surface area (Å²) in [6, 6.07) is 6.05. The number of hydrogen-bond acceptors (Lipinski definition) is 4. The van der Waals surface area contributed by atoms with Crippen LogP contribution in [-0.4, -0.2) is 15.7 Å². The molecule has 0 saturated carbocycles. The minimum absolute atomic E-state index is 0.0250. The number of nitrogens with zero attached hydrogens (tertiary/aromatic N) is 2. The maximum absolute atomic E-state index is 12.9. The highest BCUT2D eigenvalue weighted by Crippen LogP contribution is 2.27. The Balaban J connectivity index is 1.99. The summed E-state index contributed by atoms with van der Waals surface area (Å²) >= 11 is 0. The molecule has 0 bridgehead atoms. The average Bonchev–Trinajstić information content (AvgIpc) is 2.83. The van der Waals surface area contributed by atoms with Crippen molar-refractivity contribution in [3.8, 4) is 11.4 Å². The van der Waals surface area contributed by atoms with Gasteiger partial charge in [0.05, 0.1) is 6.54 Å². The topological polar surface area (TPSA) is 51.0 Å². The maximum atomic E-state index is 12.9. The lowest BCUT2D eigenvalue weighted by molar-refractivity contribution is 0.230. The molecular formula is C17H24FN3O. The summed E-state index contributed by atoms with van der Waals surface area (Å²) in [6.07, 6.45) is 1.03. The normalized spacial score (nSPS) is 12.6. The molecule has 0 saturated heterocycles. The second-order valence-corrected chi connectivity index (χ2v) is 7.49. The van der Waals surface area contributed by atoms with Crippen molar-refractivity contribution in [1.29, 1.82) is 0 Å². The summed E-state index contributed by atoms with van der Waals surface area (Å²) in [5, 5.41) is 7.39. The zero-order chi connectivity index (χ0) is 16.4. The molecule has 1 aromatic carbocycles. The molecule has 0 aliphatic carbocycles. The van der Waals surface area contributed by atoms with Crippen molar-refractivity contribution < 1.29 is 8.91 Å². The minimum atomic E-state index is -0.280. The molecule has 1 N–H and O–H groups in total. The second-order valence-electron chi connectivity index (χ2n) is 7.49. The molecule has 4 nitrogen and oxygen atoms in total. The molecule has 1 heterocycles. The van der Waals surface area contributed by atoms with Gasteiger partial charge in [-0.2, -0.15) is 4.98 Å². The predicted octanol–water partition coefficient (Wildman–Crippen LogP) is 4.18. The third kappa shape index (κ3) is 4.91. The number of hydrogen-bond donors (Lipinski definition) is 1. The van der Waals surface area contributed by atoms with Crippen LogP contribution in [0, 0.1) is 11.2 Å². The summed E-state index contributed by atoms with van der Waals surface area (Å²) in [7, 11) is 0. The first-order valence-electron chi connectivity index (χ1n) is 7.48. The summed E-state index contributed by atoms with van der Waals surface area (Å²) in [5.74, 6) is 0.727. The summed E-state index contributed by atoms with van der Waals surface area (Å²) in [4.78, 5) is 4.35. The van der Waals surface area contributed by atoms with E-state index in [9.17, 15) is 4.39 Å². The van der Waals surface area contributed by atoms with Crippen LogP contribution in [0.2, 0.25) is 0 Å². The lowest BCUT2D eigenvalue weighted by Gasteiger charge is -2.33. The number of aromatic nitrogens is 2. The molecule has 2 rings (SSSR count). The molecule has 0 aliphatic heterocycles. The van der Waals surface area contributed by atoms with Gasteiger partial charge in [-0.25, -0.2) is 4.39 Å². The highest BCUT2D eigenvalue weighted by atomic mass is 19.1. The zero-order valence-corrected chi connectivity index (χ0v) is 13.9. The van der Waals surface area contributed by atoms with Gasteiger partial charge in [-0.3, -0.25) is 0 Å². The maximum Gasteiger partial charge on any atom is 0.240 e. The Morgan fingerprint density at radius 2 is 1.73 bits per heavy atom. The largest absolute Gasteiger partial charge is 0.338 e. The third-order valence-corrected chi connectivity index (χ3v) is 3.26. The highest BCUT2D eigenvalue weighted by molar-refractivity contribution is 5.53. The van der Waals surface area contributed by atoms with Gasteiger partial charge in [-0.05, 0) is 49.9 Å². The van der Waals surface area contributed by atoms with Crippen LogP contribution in [0.3, 0.4) is 0 Å². The molecule has 0 aliphatic rings. The van der Waals surface area contributed by atoms with Gasteiger partial charge in [0, 0.05) is 11.1 Å². The van der Waals surface area contributed by atoms with Gasteiger partial charge in [0.1, 0.15) is 5.82 Å². The van der Waals surface area contributed by atoms with E-state index in [2.05, 4.69) is 50.1 Å². The Morgan fingerprint density at radius 1 is 1.09 bits per heavy atom. The summed E-state index contributed by atoms with van der Waals surface area (Å²) in [5.41, 5.74) is 0.957. The molecule has 120 valence electrons. The van der Waals surface area contributed by atoms with E-state index in [1.807, 2.05) is 0 Å². The molecule has 2 aromatic rings. The van der Waals surface area contributed by atoms with Crippen molar-refractivity contribution in [2.45, 2.75) is 53.1 Å². The number of halogens is 1. The van der Waals surface area contributed by atoms with Crippen LogP contribution in [0.1, 0.15) is 46.9 Å². The van der Waals surface area contributed by atoms with E-state index in [0.717, 1.165) is 12.0 Å². The van der Waals surface area contributed by atoms with Gasteiger partial charge < -0.3 is 9.84 Å². The summed E-state index contributed by atoms with van der Waals surface area (Å²) in [6.45, 7) is 11.5. The van der Waals surface area contributed by atoms with E-state index < -0.39 is 0 Å². The van der Waals surface area contributed by atoms with Gasteiger partial charge >= 0.3 is 0 Å². The van der Waals surface area contributed by atoms with Crippen LogP contribution < -0.4 is 5.32 Å². The van der Waals surface area contributed by atoms with Gasteiger partial charge in [-0.1, -0.05) is 25.9 Å². The highest BCUT2D eigenvalue weighted by Gasteiger charge is 2.25. The van der Waals surface area contributed by atoms with Crippen molar-refractivity contribution in [3.63, 3.8) is 0 Å². The molecule has 0 amide bonds. The van der Waals surface area contributed by atoms with Crippen LogP contribution in [0.5, 0.6) is 0 Å². The van der Waals surface area contributed by atoms with E-state index in [1.165, 1.54) is 12.1 Å². The van der Waals surface area contributed by atoms with Crippen molar-refractivity contribution in [2.75, 3.05) is 0 Å². The lowest BCUT2D eigenvalue weighted by atomic mass is 9.82. The average molecular weight is 305 g/mol. The van der Waals surface area contributed by atoms with Crippen molar-refractivity contribution in [2.24, 2.45) is 5.41 Å². The standard InChI is InChI=1S/C17H24FN3O/c1-16(2,3)11-17(4,5)19-10-14-20-15(21-22-14)12-6-8-13(18)9-7-12/h6-9,19H,10-11H2,1-5H3. The van der Waals surface area contributed by atoms with E-state index in [4.69, 9.17) is 4.52 Å². The first kappa shape index (κ1) is 16.6. The second kappa shape index (κ2) is 6.16. The smallest absolute Gasteiger partial charge is 0.240 e. The fraction of sp³-hybridized carbons (Fsp3) is 0.529. The Kier molecular flexibility index (Phi) is 4.66. The molecule has 0 radical (unpaired) electrons. The molecule has 0 fully saturated rings. The third-order valence-electron chi connectivity index (χ3n) is 3.26. The van der Waals surface area contributed by atoms with Crippen molar-refractivity contribution >= 4 is 0 Å². The van der Waals surface area contributed by atoms with Gasteiger partial charge in [0.25, 0.3) is 0 Å². The molecule has 22 heavy (non-hydrogen) atoms. The monoisotopic (exact) mass is 305 g/mol. The molecule has 1 aromatic heterocycles. The quantitative estimate of drug-likeness (QED) is 0.900. The van der Waals surface area contributed by atoms with Crippen LogP contribution in [0.4, 0.5) is 4.39 Å². The van der Waals surface area contributed by atoms with Gasteiger partial charge in [-0.15, -0.1) is 0 Å². The molecule has 0 spiro atoms. The Hall–Kier alpha value is -1.75. The Bertz CT molecular complexity index is 612. The van der Waals surface area contributed by atoms with Gasteiger partial charge in [0.15, 0.2) is 0 Å². The number of benzene rings is 1. The molecular weight excluding hydrogens is 281 g/mol. The SMILES string of the molecule is CC(C)(C)CC(C)(C)NCc1nc(-c2ccc(F)cc2)no1. The van der Waals surface area contributed by atoms with Crippen LogP contribution >= 0.6 is 0 Å². The lowest BCUT2D eigenvalue weighted by Crippen LogP contribution is -2.41. The van der Waals surface area contributed by atoms with E-state index in [1.54, 1.807) is 12.1 Å². The van der Waals surface area contributed by atoms with Crippen molar-refractivity contribution in [1.82, 2.24) is 15.5 Å². The Labute approximate surface area is 131 Å². The predicted molar refractivity (Wildman–Crippen MR) is 84.7 cm³/mol. The van der Waals surface area contributed by atoms with E-state index in [0.29, 0.717) is 18.3 Å². The summed E-state index contributed by atoms with van der Waals surface area (Å²) < 4.78 is 18.2. The zero-order valence-electron chi connectivity index (χ0n) is 13.9. The first-order chi connectivity index (χ1) is 10.1. The van der Waals surface area contributed by atoms with Crippen LogP contribution in [0.15, 0.2) is 28.8 Å². The van der Waals surface area contributed by atoms with E-state index >= 15 is 0 Å². The van der Waals surface area contributed by atoms with E-state index in [-0.39, 0.29) is 16.8 Å². The molecule has 0 unspecified atom stereocenters. The number of rotatable bonds is 5. The first-order valence-corrected chi connectivity index (χ1v) is 7.48.